The molecule has 1 heterocycles. The smallest absolute Gasteiger partial charge is 0.360 e. The van der Waals surface area contributed by atoms with E-state index in [9.17, 15) is 9.59 Å². The molecule has 0 unspecified atom stereocenters. The average molecular weight is 255 g/mol. The average Bonchev–Trinajstić information content (AvgIpc) is 2.78. The molecule has 0 aromatic carbocycles. The highest BCUT2D eigenvalue weighted by atomic mass is 16.5. The van der Waals surface area contributed by atoms with E-state index in [1.54, 1.807) is 13.8 Å². The molecule has 0 saturated carbocycles. The Hall–Kier alpha value is -1.92. The normalized spacial score (nSPS) is 10.1. The molecule has 0 aliphatic carbocycles. The Balaban J connectivity index is 2.35. The first-order chi connectivity index (χ1) is 8.67. The lowest BCUT2D eigenvalue weighted by molar-refractivity contribution is -0.143. The molecule has 0 N–H and O–H groups in total. The summed E-state index contributed by atoms with van der Waals surface area (Å²) < 4.78 is 9.58. The van der Waals surface area contributed by atoms with Crippen LogP contribution in [0.25, 0.3) is 0 Å². The van der Waals surface area contributed by atoms with Crippen molar-refractivity contribution in [2.75, 3.05) is 13.2 Å². The summed E-state index contributed by atoms with van der Waals surface area (Å²) in [6.45, 7) is 4.62. The third-order valence-corrected chi connectivity index (χ3v) is 2.07. The fraction of sp³-hybridized carbons (Fsp3) is 0.636. The zero-order chi connectivity index (χ0) is 13.4. The Morgan fingerprint density at radius 2 is 2.00 bits per heavy atom. The van der Waals surface area contributed by atoms with Crippen molar-refractivity contribution in [1.82, 2.24) is 15.0 Å². The summed E-state index contributed by atoms with van der Waals surface area (Å²) in [5.74, 6) is -0.732. The van der Waals surface area contributed by atoms with E-state index in [0.717, 1.165) is 0 Å². The number of aromatic nitrogens is 3. The maximum atomic E-state index is 11.3. The first-order valence-corrected chi connectivity index (χ1v) is 5.90. The number of esters is 2. The molecule has 100 valence electrons. The molecule has 1 aromatic rings. The standard InChI is InChI=1S/C11H17N3O4/c1-3-17-10(15)6-5-7-14-12-8-9(13-14)11(16)18-4-2/h8H,3-7H2,1-2H3. The van der Waals surface area contributed by atoms with Crippen LogP contribution in [0.5, 0.6) is 0 Å². The maximum absolute atomic E-state index is 11.3. The predicted molar refractivity (Wildman–Crippen MR) is 61.8 cm³/mol. The van der Waals surface area contributed by atoms with Gasteiger partial charge in [-0.05, 0) is 20.3 Å². The monoisotopic (exact) mass is 255 g/mol. The van der Waals surface area contributed by atoms with E-state index in [0.29, 0.717) is 32.6 Å². The summed E-state index contributed by atoms with van der Waals surface area (Å²) in [7, 11) is 0. The van der Waals surface area contributed by atoms with Crippen LogP contribution in [0.15, 0.2) is 6.20 Å². The first kappa shape index (κ1) is 14.1. The predicted octanol–water partition coefficient (Wildman–Crippen LogP) is 0.798. The lowest BCUT2D eigenvalue weighted by Crippen LogP contribution is -2.10. The zero-order valence-electron chi connectivity index (χ0n) is 10.6. The molecular formula is C11H17N3O4. The second kappa shape index (κ2) is 7.41. The molecule has 0 saturated heterocycles. The Bertz CT molecular complexity index is 403. The van der Waals surface area contributed by atoms with Crippen LogP contribution in [0.2, 0.25) is 0 Å². The Morgan fingerprint density at radius 1 is 1.28 bits per heavy atom. The van der Waals surface area contributed by atoms with Crippen LogP contribution < -0.4 is 0 Å². The van der Waals surface area contributed by atoms with E-state index in [4.69, 9.17) is 9.47 Å². The first-order valence-electron chi connectivity index (χ1n) is 5.90. The van der Waals surface area contributed by atoms with Crippen molar-refractivity contribution >= 4 is 11.9 Å². The number of ether oxygens (including phenoxy) is 2. The van der Waals surface area contributed by atoms with E-state index in [1.807, 2.05) is 0 Å². The van der Waals surface area contributed by atoms with Crippen LogP contribution in [0, 0.1) is 0 Å². The molecule has 7 nitrogen and oxygen atoms in total. The molecule has 0 radical (unpaired) electrons. The Labute approximate surface area is 105 Å². The van der Waals surface area contributed by atoms with Crippen LogP contribution in [0.3, 0.4) is 0 Å². The zero-order valence-corrected chi connectivity index (χ0v) is 10.6. The van der Waals surface area contributed by atoms with Gasteiger partial charge in [0.1, 0.15) is 0 Å². The van der Waals surface area contributed by atoms with Gasteiger partial charge in [-0.15, -0.1) is 5.10 Å². The van der Waals surface area contributed by atoms with E-state index in [-0.39, 0.29) is 11.7 Å². The molecule has 0 bridgehead atoms. The van der Waals surface area contributed by atoms with Gasteiger partial charge in [0.25, 0.3) is 0 Å². The highest BCUT2D eigenvalue weighted by Crippen LogP contribution is 1.99. The fourth-order valence-corrected chi connectivity index (χ4v) is 1.30. The molecule has 0 atom stereocenters. The molecule has 0 amide bonds. The van der Waals surface area contributed by atoms with Crippen LogP contribution in [0.4, 0.5) is 0 Å². The van der Waals surface area contributed by atoms with Crippen molar-refractivity contribution in [1.29, 1.82) is 0 Å². The van der Waals surface area contributed by atoms with Gasteiger partial charge in [0, 0.05) is 6.42 Å². The number of aryl methyl sites for hydroxylation is 1. The van der Waals surface area contributed by atoms with Gasteiger partial charge in [0.15, 0.2) is 5.69 Å². The second-order valence-electron chi connectivity index (χ2n) is 3.45. The molecule has 0 aliphatic rings. The third kappa shape index (κ3) is 4.52. The minimum absolute atomic E-state index is 0.174. The molecule has 18 heavy (non-hydrogen) atoms. The Kier molecular flexibility index (Phi) is 5.83. The lowest BCUT2D eigenvalue weighted by Gasteiger charge is -2.01. The molecule has 7 heteroatoms. The van der Waals surface area contributed by atoms with Crippen molar-refractivity contribution in [2.24, 2.45) is 0 Å². The third-order valence-electron chi connectivity index (χ3n) is 2.07. The SMILES string of the molecule is CCOC(=O)CCCn1ncc(C(=O)OCC)n1. The number of hydrogen-bond acceptors (Lipinski definition) is 6. The van der Waals surface area contributed by atoms with E-state index in [1.165, 1.54) is 11.0 Å². The summed E-state index contributed by atoms with van der Waals surface area (Å²) in [4.78, 5) is 23.8. The van der Waals surface area contributed by atoms with Crippen LogP contribution >= 0.6 is 0 Å². The molecule has 0 aliphatic heterocycles. The van der Waals surface area contributed by atoms with Crippen LogP contribution in [-0.2, 0) is 20.8 Å². The summed E-state index contributed by atoms with van der Waals surface area (Å²) in [6, 6.07) is 0. The maximum Gasteiger partial charge on any atom is 0.360 e. The van der Waals surface area contributed by atoms with Gasteiger partial charge in [0.05, 0.1) is 26.0 Å². The summed E-state index contributed by atoms with van der Waals surface area (Å²) >= 11 is 0. The van der Waals surface area contributed by atoms with Gasteiger partial charge < -0.3 is 9.47 Å². The van der Waals surface area contributed by atoms with Crippen LogP contribution in [0.1, 0.15) is 37.2 Å². The van der Waals surface area contributed by atoms with E-state index >= 15 is 0 Å². The minimum Gasteiger partial charge on any atom is -0.466 e. The lowest BCUT2D eigenvalue weighted by atomic mass is 10.3. The summed E-state index contributed by atoms with van der Waals surface area (Å²) in [6.07, 6.45) is 2.22. The number of nitrogens with zero attached hydrogens (tertiary/aromatic N) is 3. The highest BCUT2D eigenvalue weighted by molar-refractivity contribution is 5.86. The van der Waals surface area contributed by atoms with Crippen molar-refractivity contribution in [2.45, 2.75) is 33.2 Å². The molecule has 1 rings (SSSR count). The fourth-order valence-electron chi connectivity index (χ4n) is 1.30. The van der Waals surface area contributed by atoms with Gasteiger partial charge in [-0.25, -0.2) is 4.79 Å². The minimum atomic E-state index is -0.492. The van der Waals surface area contributed by atoms with Gasteiger partial charge in [-0.1, -0.05) is 0 Å². The summed E-state index contributed by atoms with van der Waals surface area (Å²) in [5.41, 5.74) is 0.174. The van der Waals surface area contributed by atoms with E-state index < -0.39 is 5.97 Å². The van der Waals surface area contributed by atoms with Crippen molar-refractivity contribution < 1.29 is 19.1 Å². The van der Waals surface area contributed by atoms with Crippen LogP contribution in [-0.4, -0.2) is 40.1 Å². The van der Waals surface area contributed by atoms with Crippen molar-refractivity contribution in [3.05, 3.63) is 11.9 Å². The van der Waals surface area contributed by atoms with Crippen molar-refractivity contribution in [3.8, 4) is 0 Å². The molecule has 0 fully saturated rings. The van der Waals surface area contributed by atoms with Gasteiger partial charge in [-0.3, -0.25) is 4.79 Å². The second-order valence-corrected chi connectivity index (χ2v) is 3.45. The summed E-state index contributed by atoms with van der Waals surface area (Å²) in [5, 5.41) is 7.87. The number of carbonyl (C=O) groups is 2. The quantitative estimate of drug-likeness (QED) is 0.670. The molecule has 0 spiro atoms. The largest absolute Gasteiger partial charge is 0.466 e. The van der Waals surface area contributed by atoms with Gasteiger partial charge in [0.2, 0.25) is 0 Å². The van der Waals surface area contributed by atoms with E-state index in [2.05, 4.69) is 10.2 Å². The molecule has 1 aromatic heterocycles. The topological polar surface area (TPSA) is 83.3 Å². The highest BCUT2D eigenvalue weighted by Gasteiger charge is 2.11. The van der Waals surface area contributed by atoms with Crippen molar-refractivity contribution in [3.63, 3.8) is 0 Å². The van der Waals surface area contributed by atoms with Gasteiger partial charge in [-0.2, -0.15) is 9.90 Å². The Morgan fingerprint density at radius 3 is 2.67 bits per heavy atom. The van der Waals surface area contributed by atoms with Gasteiger partial charge >= 0.3 is 11.9 Å². The molecular weight excluding hydrogens is 238 g/mol. The number of carbonyl (C=O) groups excluding carboxylic acids is 2. The number of hydrogen-bond donors (Lipinski definition) is 0. The number of rotatable bonds is 7.